The molecule has 3 heteroatoms. The number of hydrogen-bond acceptors (Lipinski definition) is 3. The third-order valence-corrected chi connectivity index (χ3v) is 1.92. The molecule has 0 aromatic heterocycles. The van der Waals surface area contributed by atoms with Gasteiger partial charge in [-0.2, -0.15) is 5.26 Å². The number of Topliss-reactive ketones (excluding diaryl/α,β-unsaturated/α-hetero) is 1. The van der Waals surface area contributed by atoms with Gasteiger partial charge < -0.3 is 5.32 Å². The Morgan fingerprint density at radius 3 is 2.92 bits per heavy atom. The number of rotatable bonds is 2. The molecule has 12 heavy (non-hydrogen) atoms. The number of nitriles is 1. The summed E-state index contributed by atoms with van der Waals surface area (Å²) in [4.78, 5) is 11.2. The average molecular weight is 164 g/mol. The molecule has 0 unspecified atom stereocenters. The van der Waals surface area contributed by atoms with Crippen LogP contribution >= 0.6 is 0 Å². The van der Waals surface area contributed by atoms with Crippen LogP contribution in [0, 0.1) is 11.3 Å². The molecule has 1 aliphatic carbocycles. The van der Waals surface area contributed by atoms with E-state index in [1.807, 2.05) is 6.07 Å². The van der Waals surface area contributed by atoms with Crippen LogP contribution < -0.4 is 5.32 Å². The first kappa shape index (κ1) is 8.79. The fourth-order valence-electron chi connectivity index (χ4n) is 1.27. The second-order valence-corrected chi connectivity index (χ2v) is 2.84. The van der Waals surface area contributed by atoms with Crippen molar-refractivity contribution >= 4 is 5.78 Å². The lowest BCUT2D eigenvalue weighted by atomic mass is 9.94. The van der Waals surface area contributed by atoms with Gasteiger partial charge in [0.15, 0.2) is 5.78 Å². The van der Waals surface area contributed by atoms with Crippen molar-refractivity contribution in [1.29, 1.82) is 5.26 Å². The molecule has 0 heterocycles. The topological polar surface area (TPSA) is 52.9 Å². The predicted molar refractivity (Wildman–Crippen MR) is 45.2 cm³/mol. The van der Waals surface area contributed by atoms with Crippen LogP contribution in [0.4, 0.5) is 0 Å². The van der Waals surface area contributed by atoms with Crippen LogP contribution in [0.2, 0.25) is 0 Å². The quantitative estimate of drug-likeness (QED) is 0.378. The van der Waals surface area contributed by atoms with E-state index in [9.17, 15) is 4.79 Å². The second-order valence-electron chi connectivity index (χ2n) is 2.84. The summed E-state index contributed by atoms with van der Waals surface area (Å²) in [5.41, 5.74) is 0.844. The van der Waals surface area contributed by atoms with Gasteiger partial charge in [0.25, 0.3) is 0 Å². The Labute approximate surface area is 72.1 Å². The lowest BCUT2D eigenvalue weighted by Crippen LogP contribution is -2.13. The van der Waals surface area contributed by atoms with E-state index in [2.05, 4.69) is 5.32 Å². The van der Waals surface area contributed by atoms with Gasteiger partial charge in [-0.3, -0.25) is 4.79 Å². The molecule has 0 aromatic carbocycles. The summed E-state index contributed by atoms with van der Waals surface area (Å²) >= 11 is 0. The number of carbonyl (C=O) groups is 1. The molecule has 0 radical (unpaired) electrons. The minimum atomic E-state index is 0.228. The minimum Gasteiger partial charge on any atom is -0.378 e. The summed E-state index contributed by atoms with van der Waals surface area (Å²) in [6, 6.07) is 1.96. The summed E-state index contributed by atoms with van der Waals surface area (Å²) in [7, 11) is 0. The third kappa shape index (κ3) is 2.39. The van der Waals surface area contributed by atoms with Crippen molar-refractivity contribution in [3.63, 3.8) is 0 Å². The lowest BCUT2D eigenvalue weighted by molar-refractivity contribution is -0.116. The minimum absolute atomic E-state index is 0.228. The van der Waals surface area contributed by atoms with Crippen molar-refractivity contribution in [2.24, 2.45) is 0 Å². The van der Waals surface area contributed by atoms with Crippen LogP contribution in [0.15, 0.2) is 11.8 Å². The molecule has 0 aliphatic heterocycles. The van der Waals surface area contributed by atoms with Crippen molar-refractivity contribution in [1.82, 2.24) is 5.32 Å². The van der Waals surface area contributed by atoms with Crippen molar-refractivity contribution in [2.45, 2.75) is 25.7 Å². The van der Waals surface area contributed by atoms with Gasteiger partial charge in [-0.1, -0.05) is 0 Å². The molecule has 0 atom stereocenters. The number of ketones is 1. The lowest BCUT2D eigenvalue weighted by Gasteiger charge is -2.11. The van der Waals surface area contributed by atoms with Crippen molar-refractivity contribution in [3.8, 4) is 6.07 Å². The summed E-state index contributed by atoms with van der Waals surface area (Å²) in [6.45, 7) is 0.275. The van der Waals surface area contributed by atoms with E-state index >= 15 is 0 Å². The Morgan fingerprint density at radius 1 is 1.50 bits per heavy atom. The van der Waals surface area contributed by atoms with E-state index in [1.54, 1.807) is 6.20 Å². The zero-order chi connectivity index (χ0) is 8.81. The van der Waals surface area contributed by atoms with Crippen molar-refractivity contribution in [3.05, 3.63) is 11.8 Å². The molecular weight excluding hydrogens is 152 g/mol. The summed E-state index contributed by atoms with van der Waals surface area (Å²) < 4.78 is 0. The normalized spacial score (nSPS) is 20.6. The zero-order valence-corrected chi connectivity index (χ0v) is 6.97. The molecular formula is C9H12N2O. The first-order valence-corrected chi connectivity index (χ1v) is 4.17. The number of allylic oxidation sites excluding steroid dienone is 1. The monoisotopic (exact) mass is 164 g/mol. The highest BCUT2D eigenvalue weighted by Gasteiger charge is 2.13. The molecule has 0 spiro atoms. The first-order valence-electron chi connectivity index (χ1n) is 4.17. The van der Waals surface area contributed by atoms with Crippen LogP contribution in [-0.2, 0) is 4.79 Å². The highest BCUT2D eigenvalue weighted by molar-refractivity contribution is 5.95. The molecule has 1 aliphatic rings. The highest BCUT2D eigenvalue weighted by Crippen LogP contribution is 2.18. The van der Waals surface area contributed by atoms with Gasteiger partial charge in [-0.25, -0.2) is 0 Å². The molecule has 1 fully saturated rings. The van der Waals surface area contributed by atoms with Crippen molar-refractivity contribution in [2.75, 3.05) is 6.54 Å². The second kappa shape index (κ2) is 4.55. The van der Waals surface area contributed by atoms with Crippen LogP contribution in [0.1, 0.15) is 25.7 Å². The predicted octanol–water partition coefficient (Wildman–Crippen LogP) is 1.13. The highest BCUT2D eigenvalue weighted by atomic mass is 16.1. The van der Waals surface area contributed by atoms with Gasteiger partial charge in [0, 0.05) is 18.2 Å². The molecule has 0 bridgehead atoms. The van der Waals surface area contributed by atoms with Crippen LogP contribution in [0.5, 0.6) is 0 Å². The molecule has 64 valence electrons. The first-order chi connectivity index (χ1) is 5.84. The maximum Gasteiger partial charge on any atom is 0.160 e. The Kier molecular flexibility index (Phi) is 3.34. The maximum atomic E-state index is 11.2. The largest absolute Gasteiger partial charge is 0.378 e. The Bertz CT molecular complexity index is 237. The number of nitrogens with one attached hydrogen (secondary N) is 1. The average Bonchev–Trinajstić information content (AvgIpc) is 2.09. The van der Waals surface area contributed by atoms with E-state index in [0.29, 0.717) is 6.42 Å². The van der Waals surface area contributed by atoms with Gasteiger partial charge in [-0.15, -0.1) is 0 Å². The molecule has 3 nitrogen and oxygen atoms in total. The van der Waals surface area contributed by atoms with Gasteiger partial charge in [0.2, 0.25) is 0 Å². The fraction of sp³-hybridized carbons (Fsp3) is 0.556. The van der Waals surface area contributed by atoms with Gasteiger partial charge in [0.05, 0.1) is 6.07 Å². The third-order valence-electron chi connectivity index (χ3n) is 1.92. The van der Waals surface area contributed by atoms with Crippen LogP contribution in [0.25, 0.3) is 0 Å². The smallest absolute Gasteiger partial charge is 0.160 e. The van der Waals surface area contributed by atoms with Crippen molar-refractivity contribution < 1.29 is 4.79 Å². The van der Waals surface area contributed by atoms with E-state index in [1.165, 1.54) is 0 Å². The van der Waals surface area contributed by atoms with E-state index in [-0.39, 0.29) is 12.3 Å². The number of nitrogens with zero attached hydrogens (tertiary/aromatic N) is 1. The van der Waals surface area contributed by atoms with Gasteiger partial charge in [-0.05, 0) is 19.3 Å². The number of carbonyl (C=O) groups excluding carboxylic acids is 1. The Balaban J connectivity index is 2.43. The van der Waals surface area contributed by atoms with E-state index < -0.39 is 0 Å². The summed E-state index contributed by atoms with van der Waals surface area (Å²) in [5, 5.41) is 11.0. The molecule has 1 saturated carbocycles. The molecule has 0 saturated heterocycles. The van der Waals surface area contributed by atoms with Crippen LogP contribution in [0.3, 0.4) is 0 Å². The Morgan fingerprint density at radius 2 is 2.25 bits per heavy atom. The summed E-state index contributed by atoms with van der Waals surface area (Å²) in [6.07, 6.45) is 5.31. The molecule has 1 N–H and O–H groups in total. The van der Waals surface area contributed by atoms with Gasteiger partial charge in [0.1, 0.15) is 6.54 Å². The molecule has 0 aromatic rings. The van der Waals surface area contributed by atoms with E-state index in [0.717, 1.165) is 24.8 Å². The molecule has 1 rings (SSSR count). The van der Waals surface area contributed by atoms with Gasteiger partial charge >= 0.3 is 0 Å². The maximum absolute atomic E-state index is 11.2. The van der Waals surface area contributed by atoms with Crippen LogP contribution in [-0.4, -0.2) is 12.3 Å². The Hall–Kier alpha value is -1.30. The SMILES string of the molecule is N#CCNC=C1CCCCC1=O. The molecule has 0 amide bonds. The zero-order valence-electron chi connectivity index (χ0n) is 6.97. The fourth-order valence-corrected chi connectivity index (χ4v) is 1.27. The standard InChI is InChI=1S/C9H12N2O/c10-5-6-11-7-8-3-1-2-4-9(8)12/h7,11H,1-4,6H2. The summed E-state index contributed by atoms with van der Waals surface area (Å²) in [5.74, 6) is 0.228. The number of hydrogen-bond donors (Lipinski definition) is 1. The van der Waals surface area contributed by atoms with E-state index in [4.69, 9.17) is 5.26 Å².